The molecule has 0 saturated carbocycles. The van der Waals surface area contributed by atoms with E-state index >= 15 is 0 Å². The first-order chi connectivity index (χ1) is 12.9. The Morgan fingerprint density at radius 3 is 2.41 bits per heavy atom. The van der Waals surface area contributed by atoms with Gasteiger partial charge in [0.25, 0.3) is 5.91 Å². The molecule has 0 radical (unpaired) electrons. The van der Waals surface area contributed by atoms with E-state index in [0.29, 0.717) is 5.56 Å². The van der Waals surface area contributed by atoms with Crippen LogP contribution in [-0.4, -0.2) is 43.6 Å². The van der Waals surface area contributed by atoms with E-state index in [1.807, 2.05) is 0 Å². The molecule has 0 aliphatic heterocycles. The van der Waals surface area contributed by atoms with Crippen molar-refractivity contribution in [3.63, 3.8) is 0 Å². The lowest BCUT2D eigenvalue weighted by Gasteiger charge is -2.18. The number of hydrogen-bond donors (Lipinski definition) is 2. The highest BCUT2D eigenvalue weighted by Crippen LogP contribution is 2.12. The first kappa shape index (κ1) is 20.1. The van der Waals surface area contributed by atoms with Crippen LogP contribution in [0.15, 0.2) is 59.8 Å². The van der Waals surface area contributed by atoms with Gasteiger partial charge in [-0.1, -0.05) is 18.2 Å². The average molecular weight is 386 g/mol. The number of nitrogens with zero attached hydrogens (tertiary/aromatic N) is 2. The lowest BCUT2D eigenvalue weighted by atomic mass is 10.1. The maximum Gasteiger partial charge on any atom is 0.251 e. The van der Waals surface area contributed by atoms with Gasteiger partial charge < -0.3 is 10.6 Å². The number of carbonyl (C=O) groups excluding carboxylic acids is 2. The fraction of sp³-hybridized carbons (Fsp3) is 0.222. The minimum Gasteiger partial charge on any atom is -0.341 e. The van der Waals surface area contributed by atoms with Gasteiger partial charge >= 0.3 is 0 Å². The van der Waals surface area contributed by atoms with E-state index in [9.17, 15) is 18.0 Å². The average Bonchev–Trinajstić information content (AvgIpc) is 2.70. The Labute approximate surface area is 157 Å². The normalized spacial score (nSPS) is 11.8. The minimum absolute atomic E-state index is 0.0862. The number of amides is 2. The van der Waals surface area contributed by atoms with E-state index in [4.69, 9.17) is 5.26 Å². The van der Waals surface area contributed by atoms with Gasteiger partial charge in [-0.15, -0.1) is 0 Å². The zero-order valence-corrected chi connectivity index (χ0v) is 15.1. The van der Waals surface area contributed by atoms with Gasteiger partial charge in [-0.05, 0) is 30.7 Å². The van der Waals surface area contributed by atoms with E-state index in [1.165, 1.54) is 24.5 Å². The molecule has 0 unspecified atom stereocenters. The topological polar surface area (TPSA) is 129 Å². The molecule has 9 heteroatoms. The third kappa shape index (κ3) is 5.90. The third-order valence-corrected chi connectivity index (χ3v) is 5.45. The maximum atomic E-state index is 12.4. The standard InChI is InChI=1S/C18H18N4O4S/c19-9-12-21-18(24)16(22-17(23)14-4-2-1-3-5-14)8-13-27(25,26)15-6-10-20-11-7-15/h1-7,10-11,16H,8,12-13H2,(H,21,24)(H,22,23)/t16-/m1/s1. The predicted molar refractivity (Wildman–Crippen MR) is 97.2 cm³/mol. The number of nitriles is 1. The summed E-state index contributed by atoms with van der Waals surface area (Å²) >= 11 is 0. The largest absolute Gasteiger partial charge is 0.341 e. The molecule has 0 saturated heterocycles. The van der Waals surface area contributed by atoms with Crippen molar-refractivity contribution in [3.8, 4) is 6.07 Å². The van der Waals surface area contributed by atoms with E-state index in [-0.39, 0.29) is 23.6 Å². The molecule has 0 fully saturated rings. The van der Waals surface area contributed by atoms with Crippen LogP contribution in [0.5, 0.6) is 0 Å². The van der Waals surface area contributed by atoms with Crippen molar-refractivity contribution in [2.45, 2.75) is 17.4 Å². The Morgan fingerprint density at radius 2 is 1.78 bits per heavy atom. The van der Waals surface area contributed by atoms with Crippen LogP contribution in [0, 0.1) is 11.3 Å². The summed E-state index contributed by atoms with van der Waals surface area (Å²) in [6, 6.07) is 11.6. The molecule has 2 rings (SSSR count). The van der Waals surface area contributed by atoms with Crippen molar-refractivity contribution in [3.05, 3.63) is 60.4 Å². The van der Waals surface area contributed by atoms with Crippen LogP contribution in [-0.2, 0) is 14.6 Å². The number of carbonyl (C=O) groups is 2. The smallest absolute Gasteiger partial charge is 0.251 e. The number of pyridine rings is 1. The van der Waals surface area contributed by atoms with Crippen molar-refractivity contribution in [2.75, 3.05) is 12.3 Å². The Bertz CT molecular complexity index is 925. The van der Waals surface area contributed by atoms with Crippen LogP contribution in [0.3, 0.4) is 0 Å². The zero-order valence-electron chi connectivity index (χ0n) is 14.3. The van der Waals surface area contributed by atoms with Crippen LogP contribution in [0.4, 0.5) is 0 Å². The van der Waals surface area contributed by atoms with Gasteiger partial charge in [-0.25, -0.2) is 8.42 Å². The molecule has 0 bridgehead atoms. The molecule has 2 amide bonds. The zero-order chi connectivity index (χ0) is 19.7. The summed E-state index contributed by atoms with van der Waals surface area (Å²) in [4.78, 5) is 28.4. The molecule has 2 N–H and O–H groups in total. The second-order valence-corrected chi connectivity index (χ2v) is 7.67. The van der Waals surface area contributed by atoms with Crippen LogP contribution >= 0.6 is 0 Å². The molecule has 0 aliphatic rings. The van der Waals surface area contributed by atoms with E-state index in [2.05, 4.69) is 15.6 Å². The predicted octanol–water partition coefficient (Wildman–Crippen LogP) is 0.684. The summed E-state index contributed by atoms with van der Waals surface area (Å²) in [6.45, 7) is -0.242. The Balaban J connectivity index is 2.11. The number of rotatable bonds is 8. The van der Waals surface area contributed by atoms with E-state index in [0.717, 1.165) is 0 Å². The molecule has 0 aliphatic carbocycles. The molecule has 8 nitrogen and oxygen atoms in total. The number of aromatic nitrogens is 1. The molecule has 2 aromatic rings. The first-order valence-corrected chi connectivity index (χ1v) is 9.72. The summed E-state index contributed by atoms with van der Waals surface area (Å²) < 4.78 is 24.8. The van der Waals surface area contributed by atoms with Gasteiger partial charge in [-0.2, -0.15) is 5.26 Å². The lowest BCUT2D eigenvalue weighted by molar-refractivity contribution is -0.122. The van der Waals surface area contributed by atoms with Crippen molar-refractivity contribution >= 4 is 21.7 Å². The van der Waals surface area contributed by atoms with Crippen LogP contribution in [0.25, 0.3) is 0 Å². The summed E-state index contributed by atoms with van der Waals surface area (Å²) in [5.74, 6) is -1.48. The Kier molecular flexibility index (Phi) is 7.02. The van der Waals surface area contributed by atoms with Gasteiger partial charge in [0.15, 0.2) is 9.84 Å². The third-order valence-electron chi connectivity index (χ3n) is 3.68. The second-order valence-electron chi connectivity index (χ2n) is 5.56. The van der Waals surface area contributed by atoms with Crippen molar-refractivity contribution in [1.82, 2.24) is 15.6 Å². The highest BCUT2D eigenvalue weighted by atomic mass is 32.2. The summed E-state index contributed by atoms with van der Waals surface area (Å²) in [5.41, 5.74) is 0.340. The van der Waals surface area contributed by atoms with Crippen LogP contribution in [0.1, 0.15) is 16.8 Å². The van der Waals surface area contributed by atoms with Crippen LogP contribution < -0.4 is 10.6 Å². The quantitative estimate of drug-likeness (QED) is 0.642. The van der Waals surface area contributed by atoms with Crippen molar-refractivity contribution < 1.29 is 18.0 Å². The van der Waals surface area contributed by atoms with Gasteiger partial charge in [0, 0.05) is 18.0 Å². The van der Waals surface area contributed by atoms with Crippen molar-refractivity contribution in [1.29, 1.82) is 5.26 Å². The molecule has 1 heterocycles. The SMILES string of the molecule is N#CCNC(=O)[C@@H](CCS(=O)(=O)c1ccncc1)NC(=O)c1ccccc1. The fourth-order valence-corrected chi connectivity index (χ4v) is 3.60. The van der Waals surface area contributed by atoms with Gasteiger partial charge in [0.05, 0.1) is 16.7 Å². The molecule has 0 spiro atoms. The number of sulfone groups is 1. The number of benzene rings is 1. The number of hydrogen-bond acceptors (Lipinski definition) is 6. The van der Waals surface area contributed by atoms with E-state index < -0.39 is 27.7 Å². The molecule has 1 aromatic heterocycles. The molecular weight excluding hydrogens is 368 g/mol. The van der Waals surface area contributed by atoms with Gasteiger partial charge in [-0.3, -0.25) is 14.6 Å². The summed E-state index contributed by atoms with van der Waals surface area (Å²) in [6.07, 6.45) is 2.59. The lowest BCUT2D eigenvalue weighted by Crippen LogP contribution is -2.47. The van der Waals surface area contributed by atoms with Gasteiger partial charge in [0.2, 0.25) is 5.91 Å². The second kappa shape index (κ2) is 9.45. The summed E-state index contributed by atoms with van der Waals surface area (Å²) in [7, 11) is -3.65. The summed E-state index contributed by atoms with van der Waals surface area (Å²) in [5, 5.41) is 13.5. The highest BCUT2D eigenvalue weighted by molar-refractivity contribution is 7.91. The molecule has 1 atom stereocenters. The molecule has 140 valence electrons. The maximum absolute atomic E-state index is 12.4. The fourth-order valence-electron chi connectivity index (χ4n) is 2.29. The van der Waals surface area contributed by atoms with Gasteiger partial charge in [0.1, 0.15) is 12.6 Å². The molecular formula is C18H18N4O4S. The van der Waals surface area contributed by atoms with Crippen LogP contribution in [0.2, 0.25) is 0 Å². The highest BCUT2D eigenvalue weighted by Gasteiger charge is 2.24. The monoisotopic (exact) mass is 386 g/mol. The molecule has 27 heavy (non-hydrogen) atoms. The minimum atomic E-state index is -3.65. The first-order valence-electron chi connectivity index (χ1n) is 8.07. The van der Waals surface area contributed by atoms with E-state index in [1.54, 1.807) is 36.4 Å². The molecule has 1 aromatic carbocycles. The Morgan fingerprint density at radius 1 is 1.11 bits per heavy atom. The van der Waals surface area contributed by atoms with Crippen molar-refractivity contribution in [2.24, 2.45) is 0 Å². The number of nitrogens with one attached hydrogen (secondary N) is 2. The Hall–Kier alpha value is -3.25.